The van der Waals surface area contributed by atoms with Gasteiger partial charge in [0.25, 0.3) is 0 Å². The van der Waals surface area contributed by atoms with E-state index < -0.39 is 0 Å². The monoisotopic (exact) mass is 499 g/mol. The molecule has 36 heavy (non-hydrogen) atoms. The van der Waals surface area contributed by atoms with Crippen molar-refractivity contribution in [2.45, 2.75) is 24.8 Å². The highest BCUT2D eigenvalue weighted by molar-refractivity contribution is 7.98. The second kappa shape index (κ2) is 11.1. The van der Waals surface area contributed by atoms with Gasteiger partial charge in [-0.15, -0.1) is 10.2 Å². The van der Waals surface area contributed by atoms with Gasteiger partial charge in [0, 0.05) is 16.8 Å². The lowest BCUT2D eigenvalue weighted by atomic mass is 10.2. The summed E-state index contributed by atoms with van der Waals surface area (Å²) >= 11 is 1.48. The second-order valence-electron chi connectivity index (χ2n) is 7.69. The van der Waals surface area contributed by atoms with Crippen molar-refractivity contribution in [2.24, 2.45) is 0 Å². The molecule has 9 heteroatoms. The Morgan fingerprint density at radius 1 is 0.778 bits per heavy atom. The molecule has 2 heterocycles. The molecule has 3 aromatic carbocycles. The first-order chi connectivity index (χ1) is 17.7. The van der Waals surface area contributed by atoms with E-state index >= 15 is 0 Å². The van der Waals surface area contributed by atoms with E-state index in [-0.39, 0.29) is 0 Å². The Kier molecular flexibility index (Phi) is 7.28. The van der Waals surface area contributed by atoms with Gasteiger partial charge in [0.15, 0.2) is 11.0 Å². The first-order valence-electron chi connectivity index (χ1n) is 11.7. The SMILES string of the molecule is CCOc1ccc(-c2noc(CSc3nnc(-c4ccccc4)n3-c3ccc(OCC)cc3)n2)cc1. The molecule has 0 radical (unpaired) electrons. The normalized spacial score (nSPS) is 10.9. The van der Waals surface area contributed by atoms with Crippen molar-refractivity contribution in [1.29, 1.82) is 0 Å². The van der Waals surface area contributed by atoms with Gasteiger partial charge >= 0.3 is 0 Å². The lowest BCUT2D eigenvalue weighted by Crippen LogP contribution is -2.00. The minimum Gasteiger partial charge on any atom is -0.494 e. The summed E-state index contributed by atoms with van der Waals surface area (Å²) in [4.78, 5) is 4.56. The molecular formula is C27H25N5O3S. The summed E-state index contributed by atoms with van der Waals surface area (Å²) in [5.41, 5.74) is 2.77. The number of ether oxygens (including phenoxy) is 2. The molecule has 5 aromatic rings. The van der Waals surface area contributed by atoms with Crippen molar-refractivity contribution < 1.29 is 14.0 Å². The Bertz CT molecular complexity index is 1400. The van der Waals surface area contributed by atoms with E-state index in [9.17, 15) is 0 Å². The molecule has 8 nitrogen and oxygen atoms in total. The third-order valence-electron chi connectivity index (χ3n) is 5.29. The van der Waals surface area contributed by atoms with Crippen molar-refractivity contribution in [2.75, 3.05) is 13.2 Å². The van der Waals surface area contributed by atoms with Crippen molar-refractivity contribution in [1.82, 2.24) is 24.9 Å². The molecule has 0 N–H and O–H groups in total. The van der Waals surface area contributed by atoms with Gasteiger partial charge in [-0.25, -0.2) is 0 Å². The fraction of sp³-hybridized carbons (Fsp3) is 0.185. The van der Waals surface area contributed by atoms with Gasteiger partial charge in [-0.05, 0) is 62.4 Å². The Hall–Kier alpha value is -4.11. The van der Waals surface area contributed by atoms with Crippen LogP contribution in [0.15, 0.2) is 88.5 Å². The molecule has 0 bridgehead atoms. The van der Waals surface area contributed by atoms with Crippen LogP contribution in [0.3, 0.4) is 0 Å². The third kappa shape index (κ3) is 5.26. The van der Waals surface area contributed by atoms with Crippen LogP contribution >= 0.6 is 11.8 Å². The predicted octanol–water partition coefficient (Wildman–Crippen LogP) is 6.07. The van der Waals surface area contributed by atoms with Gasteiger partial charge in [0.05, 0.1) is 19.0 Å². The summed E-state index contributed by atoms with van der Waals surface area (Å²) in [6.45, 7) is 5.16. The van der Waals surface area contributed by atoms with E-state index in [1.807, 2.05) is 97.3 Å². The average molecular weight is 500 g/mol. The highest BCUT2D eigenvalue weighted by atomic mass is 32.2. The summed E-state index contributed by atoms with van der Waals surface area (Å²) < 4.78 is 18.6. The van der Waals surface area contributed by atoms with Crippen LogP contribution in [0.2, 0.25) is 0 Å². The lowest BCUT2D eigenvalue weighted by molar-refractivity contribution is 0.340. The summed E-state index contributed by atoms with van der Waals surface area (Å²) in [6, 6.07) is 25.5. The Morgan fingerprint density at radius 3 is 2.11 bits per heavy atom. The maximum atomic E-state index is 5.61. The van der Waals surface area contributed by atoms with Crippen molar-refractivity contribution in [3.63, 3.8) is 0 Å². The van der Waals surface area contributed by atoms with Gasteiger partial charge in [0.2, 0.25) is 11.7 Å². The van der Waals surface area contributed by atoms with Crippen molar-refractivity contribution in [3.8, 4) is 40.0 Å². The first kappa shape index (κ1) is 23.6. The van der Waals surface area contributed by atoms with E-state index in [1.54, 1.807) is 0 Å². The van der Waals surface area contributed by atoms with Gasteiger partial charge in [-0.2, -0.15) is 4.98 Å². The average Bonchev–Trinajstić information content (AvgIpc) is 3.57. The van der Waals surface area contributed by atoms with E-state index in [4.69, 9.17) is 14.0 Å². The van der Waals surface area contributed by atoms with E-state index in [0.717, 1.165) is 39.3 Å². The van der Waals surface area contributed by atoms with Crippen LogP contribution in [-0.4, -0.2) is 38.1 Å². The number of thioether (sulfide) groups is 1. The topological polar surface area (TPSA) is 88.1 Å². The van der Waals surface area contributed by atoms with E-state index in [0.29, 0.717) is 30.7 Å². The molecule has 182 valence electrons. The second-order valence-corrected chi connectivity index (χ2v) is 8.63. The number of nitrogens with zero attached hydrogens (tertiary/aromatic N) is 5. The zero-order valence-corrected chi connectivity index (χ0v) is 20.8. The molecule has 5 rings (SSSR count). The molecule has 0 amide bonds. The highest BCUT2D eigenvalue weighted by Crippen LogP contribution is 2.31. The van der Waals surface area contributed by atoms with Crippen LogP contribution in [0.5, 0.6) is 11.5 Å². The molecule has 0 aliphatic rings. The quantitative estimate of drug-likeness (QED) is 0.214. The van der Waals surface area contributed by atoms with Crippen LogP contribution in [0, 0.1) is 0 Å². The van der Waals surface area contributed by atoms with Crippen LogP contribution < -0.4 is 9.47 Å². The van der Waals surface area contributed by atoms with Gasteiger partial charge < -0.3 is 14.0 Å². The van der Waals surface area contributed by atoms with Crippen LogP contribution in [0.1, 0.15) is 19.7 Å². The largest absolute Gasteiger partial charge is 0.494 e. The Labute approximate surface area is 213 Å². The van der Waals surface area contributed by atoms with Crippen molar-refractivity contribution >= 4 is 11.8 Å². The number of benzene rings is 3. The molecule has 0 saturated heterocycles. The molecule has 0 unspecified atom stereocenters. The standard InChI is InChI=1S/C27H25N5O3S/c1-3-33-22-14-10-19(11-15-22)25-28-24(35-31-25)18-36-27-30-29-26(20-8-6-5-7-9-20)32(27)21-12-16-23(17-13-21)34-4-2/h5-17H,3-4,18H2,1-2H3. The number of aromatic nitrogens is 5. The number of rotatable bonds is 10. The van der Waals surface area contributed by atoms with Crippen LogP contribution in [0.25, 0.3) is 28.5 Å². The molecule has 0 spiro atoms. The third-order valence-corrected chi connectivity index (χ3v) is 6.20. The zero-order valence-electron chi connectivity index (χ0n) is 20.0. The molecular weight excluding hydrogens is 474 g/mol. The van der Waals surface area contributed by atoms with Gasteiger partial charge in [0.1, 0.15) is 11.5 Å². The first-order valence-corrected chi connectivity index (χ1v) is 12.7. The molecule has 0 aliphatic carbocycles. The predicted molar refractivity (Wildman–Crippen MR) is 138 cm³/mol. The summed E-state index contributed by atoms with van der Waals surface area (Å²) in [6.07, 6.45) is 0. The van der Waals surface area contributed by atoms with E-state index in [1.165, 1.54) is 11.8 Å². The van der Waals surface area contributed by atoms with Crippen LogP contribution in [-0.2, 0) is 5.75 Å². The summed E-state index contributed by atoms with van der Waals surface area (Å²) in [5.74, 6) is 3.87. The smallest absolute Gasteiger partial charge is 0.237 e. The molecule has 0 aliphatic heterocycles. The molecule has 2 aromatic heterocycles. The van der Waals surface area contributed by atoms with E-state index in [2.05, 4.69) is 20.3 Å². The fourth-order valence-electron chi connectivity index (χ4n) is 3.65. The maximum absolute atomic E-state index is 5.61. The lowest BCUT2D eigenvalue weighted by Gasteiger charge is -2.11. The molecule has 0 saturated carbocycles. The minimum atomic E-state index is 0.452. The fourth-order valence-corrected chi connectivity index (χ4v) is 4.44. The number of hydrogen-bond donors (Lipinski definition) is 0. The highest BCUT2D eigenvalue weighted by Gasteiger charge is 2.18. The molecule has 0 fully saturated rings. The molecule has 0 atom stereocenters. The van der Waals surface area contributed by atoms with Gasteiger partial charge in [-0.1, -0.05) is 47.3 Å². The summed E-state index contributed by atoms with van der Waals surface area (Å²) in [7, 11) is 0. The van der Waals surface area contributed by atoms with Crippen LogP contribution in [0.4, 0.5) is 0 Å². The number of hydrogen-bond acceptors (Lipinski definition) is 8. The minimum absolute atomic E-state index is 0.452. The zero-order chi connectivity index (χ0) is 24.7. The van der Waals surface area contributed by atoms with Gasteiger partial charge in [-0.3, -0.25) is 4.57 Å². The maximum Gasteiger partial charge on any atom is 0.237 e. The Balaban J connectivity index is 1.39. The van der Waals surface area contributed by atoms with Crippen molar-refractivity contribution in [3.05, 3.63) is 84.8 Å². The summed E-state index contributed by atoms with van der Waals surface area (Å²) in [5, 5.41) is 13.8. The Morgan fingerprint density at radius 2 is 1.44 bits per heavy atom.